The summed E-state index contributed by atoms with van der Waals surface area (Å²) in [6, 6.07) is 0. The average molecular weight is 272 g/mol. The summed E-state index contributed by atoms with van der Waals surface area (Å²) in [4.78, 5) is 0. The van der Waals surface area contributed by atoms with Gasteiger partial charge in [-0.1, -0.05) is 0 Å². The topological polar surface area (TPSA) is 197 Å². The minimum atomic E-state index is -2.67. The molecular formula is H11B4F4NO8. The van der Waals surface area contributed by atoms with Crippen LogP contribution in [0.5, 0.6) is 0 Å². The zero-order valence-electron chi connectivity index (χ0n) is 8.11. The van der Waals surface area contributed by atoms with Crippen LogP contribution in [0.3, 0.4) is 0 Å². The Morgan fingerprint density at radius 1 is 0.412 bits per heavy atom. The first-order chi connectivity index (χ1) is 6.93. The molecule has 0 aromatic carbocycles. The smallest absolute Gasteiger partial charge is 0.398 e. The molecule has 9 nitrogen and oxygen atoms in total. The lowest BCUT2D eigenvalue weighted by molar-refractivity contribution is 0.338. The monoisotopic (exact) mass is 273 g/mol. The van der Waals surface area contributed by atoms with E-state index in [1.165, 1.54) is 0 Å². The van der Waals surface area contributed by atoms with E-state index in [1.54, 1.807) is 0 Å². The summed E-state index contributed by atoms with van der Waals surface area (Å²) in [5, 5.41) is 55.6. The predicted molar refractivity (Wildman–Crippen MR) is 50.2 cm³/mol. The highest BCUT2D eigenvalue weighted by Gasteiger charge is 1.98. The molecule has 11 N–H and O–H groups in total. The zero-order chi connectivity index (χ0) is 14.3. The van der Waals surface area contributed by atoms with Crippen molar-refractivity contribution in [2.45, 2.75) is 0 Å². The van der Waals surface area contributed by atoms with Gasteiger partial charge in [0.05, 0.1) is 0 Å². The summed E-state index contributed by atoms with van der Waals surface area (Å²) in [7, 11) is -10.7. The van der Waals surface area contributed by atoms with E-state index in [-0.39, 0.29) is 6.15 Å². The van der Waals surface area contributed by atoms with Crippen molar-refractivity contribution >= 4 is 29.6 Å². The van der Waals surface area contributed by atoms with Crippen LogP contribution in [-0.4, -0.2) is 69.8 Å². The molecule has 0 unspecified atom stereocenters. The number of hydrogen-bond donors (Lipinski definition) is 9. The van der Waals surface area contributed by atoms with Crippen LogP contribution in [0.4, 0.5) is 17.3 Å². The van der Waals surface area contributed by atoms with Gasteiger partial charge in [0.15, 0.2) is 0 Å². The summed E-state index contributed by atoms with van der Waals surface area (Å²) in [5.41, 5.74) is 0. The van der Waals surface area contributed by atoms with E-state index in [9.17, 15) is 17.3 Å². The van der Waals surface area contributed by atoms with Crippen molar-refractivity contribution in [3.8, 4) is 0 Å². The Bertz CT molecular complexity index is 72.5. The number of halogens is 4. The number of hydrogen-bond acceptors (Lipinski definition) is 9. The van der Waals surface area contributed by atoms with Crippen LogP contribution < -0.4 is 6.15 Å². The minimum absolute atomic E-state index is 0. The molecular weight excluding hydrogens is 261 g/mol. The first-order valence-corrected chi connectivity index (χ1v) is 2.94. The third kappa shape index (κ3) is 20000. The molecule has 0 aliphatic carbocycles. The minimum Gasteiger partial charge on any atom is -0.398 e. The molecule has 0 spiro atoms. The van der Waals surface area contributed by atoms with E-state index in [0.29, 0.717) is 0 Å². The van der Waals surface area contributed by atoms with Crippen molar-refractivity contribution in [2.75, 3.05) is 0 Å². The van der Waals surface area contributed by atoms with Gasteiger partial charge < -0.3 is 46.3 Å². The van der Waals surface area contributed by atoms with E-state index in [4.69, 9.17) is 40.2 Å². The molecule has 0 saturated carbocycles. The van der Waals surface area contributed by atoms with Crippen molar-refractivity contribution in [1.82, 2.24) is 6.15 Å². The first kappa shape index (κ1) is 30.0. The number of rotatable bonds is 0. The van der Waals surface area contributed by atoms with Crippen molar-refractivity contribution in [1.29, 1.82) is 0 Å². The SMILES string of the molecule is N.OB(O)F.OB(O)F.OB(O)F.OB(O)F. The second-order valence-electron chi connectivity index (χ2n) is 1.24. The molecule has 0 atom stereocenters. The van der Waals surface area contributed by atoms with Crippen LogP contribution in [-0.2, 0) is 0 Å². The summed E-state index contributed by atoms with van der Waals surface area (Å²) in [6.45, 7) is 0. The van der Waals surface area contributed by atoms with Gasteiger partial charge in [0.1, 0.15) is 0 Å². The standard InChI is InChI=1S/4BFH2O2.H3N/c4*2-1(3)4;/h4*3-4H;1H3. The first-order valence-electron chi connectivity index (χ1n) is 2.94. The Morgan fingerprint density at radius 2 is 0.412 bits per heavy atom. The maximum Gasteiger partial charge on any atom is 0.674 e. The van der Waals surface area contributed by atoms with Crippen molar-refractivity contribution in [2.24, 2.45) is 0 Å². The van der Waals surface area contributed by atoms with Gasteiger partial charge in [-0.2, -0.15) is 0 Å². The third-order valence-electron chi connectivity index (χ3n) is 0. The fraction of sp³-hybridized carbons (Fsp3) is 0. The van der Waals surface area contributed by atoms with Gasteiger partial charge in [-0.25, -0.2) is 0 Å². The summed E-state index contributed by atoms with van der Waals surface area (Å²) in [5.74, 6) is 0. The van der Waals surface area contributed by atoms with Gasteiger partial charge in [-0.15, -0.1) is 0 Å². The molecule has 0 aliphatic heterocycles. The molecule has 0 bridgehead atoms. The van der Waals surface area contributed by atoms with Crippen LogP contribution >= 0.6 is 0 Å². The maximum atomic E-state index is 10.1. The fourth-order valence-corrected chi connectivity index (χ4v) is 0. The highest BCUT2D eigenvalue weighted by atomic mass is 19.1. The van der Waals surface area contributed by atoms with Crippen LogP contribution in [0.2, 0.25) is 0 Å². The Kier molecular flexibility index (Phi) is 43.7. The molecule has 0 heterocycles. The quantitative estimate of drug-likeness (QED) is 0.155. The van der Waals surface area contributed by atoms with Crippen LogP contribution in [0.25, 0.3) is 0 Å². The normalized spacial score (nSPS) is 6.35. The molecule has 0 aliphatic rings. The molecule has 104 valence electrons. The molecule has 0 rings (SSSR count). The largest absolute Gasteiger partial charge is 0.674 e. The molecule has 0 saturated heterocycles. The second kappa shape index (κ2) is 24.7. The summed E-state index contributed by atoms with van der Waals surface area (Å²) in [6.07, 6.45) is 0. The van der Waals surface area contributed by atoms with Crippen molar-refractivity contribution in [3.05, 3.63) is 0 Å². The van der Waals surface area contributed by atoms with Gasteiger partial charge >= 0.3 is 29.6 Å². The van der Waals surface area contributed by atoms with Gasteiger partial charge in [0.2, 0.25) is 0 Å². The lowest BCUT2D eigenvalue weighted by atomic mass is 10.3. The molecule has 0 radical (unpaired) electrons. The Hall–Kier alpha value is -0.380. The average Bonchev–Trinajstić information content (AvgIpc) is 1.76. The fourth-order valence-electron chi connectivity index (χ4n) is 0. The second-order valence-corrected chi connectivity index (χ2v) is 1.24. The highest BCUT2D eigenvalue weighted by molar-refractivity contribution is 6.32. The summed E-state index contributed by atoms with van der Waals surface area (Å²) >= 11 is 0. The van der Waals surface area contributed by atoms with E-state index in [1.807, 2.05) is 0 Å². The lowest BCUT2D eigenvalue weighted by Gasteiger charge is -1.65. The zero-order valence-corrected chi connectivity index (χ0v) is 8.11. The van der Waals surface area contributed by atoms with Crippen LogP contribution in [0, 0.1) is 0 Å². The van der Waals surface area contributed by atoms with Crippen LogP contribution in [0.15, 0.2) is 0 Å². The van der Waals surface area contributed by atoms with Crippen molar-refractivity contribution in [3.63, 3.8) is 0 Å². The van der Waals surface area contributed by atoms with E-state index < -0.39 is 29.6 Å². The van der Waals surface area contributed by atoms with E-state index in [2.05, 4.69) is 0 Å². The third-order valence-corrected chi connectivity index (χ3v) is 0. The van der Waals surface area contributed by atoms with Gasteiger partial charge in [0.25, 0.3) is 0 Å². The predicted octanol–water partition coefficient (Wildman–Crippen LogP) is -4.14. The van der Waals surface area contributed by atoms with E-state index >= 15 is 0 Å². The maximum absolute atomic E-state index is 10.1. The van der Waals surface area contributed by atoms with Gasteiger partial charge in [0, 0.05) is 0 Å². The molecule has 17 heteroatoms. The Labute approximate surface area is 94.3 Å². The Morgan fingerprint density at radius 3 is 0.412 bits per heavy atom. The van der Waals surface area contributed by atoms with Crippen LogP contribution in [0.1, 0.15) is 0 Å². The molecule has 0 aromatic rings. The van der Waals surface area contributed by atoms with Crippen molar-refractivity contribution < 1.29 is 57.5 Å². The van der Waals surface area contributed by atoms with E-state index in [0.717, 1.165) is 0 Å². The highest BCUT2D eigenvalue weighted by Crippen LogP contribution is 1.58. The molecule has 0 aromatic heterocycles. The van der Waals surface area contributed by atoms with Gasteiger partial charge in [-0.3, -0.25) is 17.3 Å². The lowest BCUT2D eigenvalue weighted by Crippen LogP contribution is -1.98. The molecule has 0 amide bonds. The Balaban J connectivity index is -0.0000000369. The molecule has 17 heavy (non-hydrogen) atoms. The molecule has 0 fully saturated rings. The van der Waals surface area contributed by atoms with Gasteiger partial charge in [-0.05, 0) is 0 Å². The summed E-state index contributed by atoms with van der Waals surface area (Å²) < 4.78 is 40.4.